The van der Waals surface area contributed by atoms with Crippen molar-refractivity contribution in [3.8, 4) is 0 Å². The summed E-state index contributed by atoms with van der Waals surface area (Å²) in [4.78, 5) is 0. The Hall–Kier alpha value is -0.240. The molecule has 3 unspecified atom stereocenters. The first-order valence-electron chi connectivity index (χ1n) is 7.25. The number of hydrogen-bond acceptors (Lipinski definition) is 1. The van der Waals surface area contributed by atoms with Crippen molar-refractivity contribution in [3.63, 3.8) is 0 Å². The smallest absolute Gasteiger partial charge is 0.0639 e. The van der Waals surface area contributed by atoms with Crippen LogP contribution in [0.15, 0.2) is 18.2 Å². The first-order chi connectivity index (χ1) is 9.08. The van der Waals surface area contributed by atoms with Crippen LogP contribution >= 0.6 is 23.2 Å². The summed E-state index contributed by atoms with van der Waals surface area (Å²) < 4.78 is 0. The van der Waals surface area contributed by atoms with E-state index >= 15 is 0 Å². The molecule has 0 radical (unpaired) electrons. The molecule has 1 N–H and O–H groups in total. The van der Waals surface area contributed by atoms with Crippen LogP contribution in [0.5, 0.6) is 0 Å². The fraction of sp³-hybridized carbons (Fsp3) is 0.625. The second-order valence-electron chi connectivity index (χ2n) is 5.91. The molecule has 0 saturated heterocycles. The number of halogens is 2. The molecule has 3 heteroatoms. The lowest BCUT2D eigenvalue weighted by Gasteiger charge is -2.28. The third-order valence-electron chi connectivity index (χ3n) is 4.21. The lowest BCUT2D eigenvalue weighted by Crippen LogP contribution is -2.28. The normalized spacial score (nSPS) is 25.3. The number of rotatable bonds is 4. The van der Waals surface area contributed by atoms with E-state index in [1.165, 1.54) is 25.7 Å². The fourth-order valence-corrected chi connectivity index (χ4v) is 3.52. The van der Waals surface area contributed by atoms with Crippen LogP contribution in [0.2, 0.25) is 10.0 Å². The Morgan fingerprint density at radius 2 is 2.11 bits per heavy atom. The van der Waals surface area contributed by atoms with Crippen LogP contribution in [0.3, 0.4) is 0 Å². The summed E-state index contributed by atoms with van der Waals surface area (Å²) in [7, 11) is 0. The highest BCUT2D eigenvalue weighted by molar-refractivity contribution is 6.42. The monoisotopic (exact) mass is 299 g/mol. The Morgan fingerprint density at radius 1 is 1.32 bits per heavy atom. The summed E-state index contributed by atoms with van der Waals surface area (Å²) in [6.45, 7) is 5.60. The van der Waals surface area contributed by atoms with Crippen LogP contribution in [-0.4, -0.2) is 6.54 Å². The van der Waals surface area contributed by atoms with Gasteiger partial charge in [0.1, 0.15) is 0 Å². The van der Waals surface area contributed by atoms with Crippen molar-refractivity contribution < 1.29 is 0 Å². The SMILES string of the molecule is CC1CCCC(CNC(C)c2cccc(Cl)c2Cl)C1. The first kappa shape index (κ1) is 15.2. The van der Waals surface area contributed by atoms with E-state index in [1.807, 2.05) is 12.1 Å². The van der Waals surface area contributed by atoms with Gasteiger partial charge in [0, 0.05) is 6.04 Å². The highest BCUT2D eigenvalue weighted by atomic mass is 35.5. The van der Waals surface area contributed by atoms with Crippen molar-refractivity contribution >= 4 is 23.2 Å². The van der Waals surface area contributed by atoms with E-state index in [0.29, 0.717) is 10.0 Å². The maximum Gasteiger partial charge on any atom is 0.0639 e. The number of hydrogen-bond donors (Lipinski definition) is 1. The van der Waals surface area contributed by atoms with Gasteiger partial charge in [0.25, 0.3) is 0 Å². The van der Waals surface area contributed by atoms with Gasteiger partial charge < -0.3 is 5.32 Å². The molecule has 1 aromatic rings. The molecule has 0 bridgehead atoms. The van der Waals surface area contributed by atoms with Crippen LogP contribution in [0.25, 0.3) is 0 Å². The summed E-state index contributed by atoms with van der Waals surface area (Å²) in [5.41, 5.74) is 1.10. The number of nitrogens with one attached hydrogen (secondary N) is 1. The standard InChI is InChI=1S/C16H23Cl2N/c1-11-5-3-6-13(9-11)10-19-12(2)14-7-4-8-15(17)16(14)18/h4,7-8,11-13,19H,3,5-6,9-10H2,1-2H3. The molecule has 0 spiro atoms. The number of benzene rings is 1. The van der Waals surface area contributed by atoms with Gasteiger partial charge >= 0.3 is 0 Å². The zero-order chi connectivity index (χ0) is 13.8. The summed E-state index contributed by atoms with van der Waals surface area (Å²) in [5.74, 6) is 1.69. The van der Waals surface area contributed by atoms with Gasteiger partial charge in [0.2, 0.25) is 0 Å². The van der Waals surface area contributed by atoms with Crippen LogP contribution in [-0.2, 0) is 0 Å². The summed E-state index contributed by atoms with van der Waals surface area (Å²) >= 11 is 12.3. The van der Waals surface area contributed by atoms with Crippen LogP contribution in [0.1, 0.15) is 51.1 Å². The van der Waals surface area contributed by atoms with E-state index < -0.39 is 0 Å². The molecular formula is C16H23Cl2N. The largest absolute Gasteiger partial charge is 0.310 e. The maximum atomic E-state index is 6.26. The minimum absolute atomic E-state index is 0.253. The van der Waals surface area contributed by atoms with Crippen molar-refractivity contribution in [1.82, 2.24) is 5.32 Å². The fourth-order valence-electron chi connectivity index (χ4n) is 3.05. The van der Waals surface area contributed by atoms with Crippen LogP contribution in [0, 0.1) is 11.8 Å². The third-order valence-corrected chi connectivity index (χ3v) is 5.04. The van der Waals surface area contributed by atoms with E-state index in [0.717, 1.165) is 23.9 Å². The van der Waals surface area contributed by atoms with Crippen molar-refractivity contribution in [1.29, 1.82) is 0 Å². The molecular weight excluding hydrogens is 277 g/mol. The lowest BCUT2D eigenvalue weighted by atomic mass is 9.82. The zero-order valence-electron chi connectivity index (χ0n) is 11.8. The summed E-state index contributed by atoms with van der Waals surface area (Å²) in [6, 6.07) is 6.10. The maximum absolute atomic E-state index is 6.26. The molecule has 0 amide bonds. The topological polar surface area (TPSA) is 12.0 Å². The molecule has 3 atom stereocenters. The first-order valence-corrected chi connectivity index (χ1v) is 8.00. The molecule has 1 fully saturated rings. The molecule has 2 rings (SSSR count). The Morgan fingerprint density at radius 3 is 2.84 bits per heavy atom. The predicted octanol–water partition coefficient (Wildman–Crippen LogP) is 5.47. The Bertz CT molecular complexity index is 419. The molecule has 0 aliphatic heterocycles. The van der Waals surface area contributed by atoms with E-state index in [1.54, 1.807) is 0 Å². The highest BCUT2D eigenvalue weighted by Gasteiger charge is 2.20. The minimum atomic E-state index is 0.253. The molecule has 1 aliphatic carbocycles. The molecule has 0 aromatic heterocycles. The van der Waals surface area contributed by atoms with Gasteiger partial charge in [-0.15, -0.1) is 0 Å². The van der Waals surface area contributed by atoms with Crippen molar-refractivity contribution in [3.05, 3.63) is 33.8 Å². The van der Waals surface area contributed by atoms with E-state index in [4.69, 9.17) is 23.2 Å². The minimum Gasteiger partial charge on any atom is -0.310 e. The molecule has 0 heterocycles. The van der Waals surface area contributed by atoms with E-state index in [-0.39, 0.29) is 6.04 Å². The van der Waals surface area contributed by atoms with Crippen molar-refractivity contribution in [2.24, 2.45) is 11.8 Å². The van der Waals surface area contributed by atoms with E-state index in [2.05, 4.69) is 25.2 Å². The Balaban J connectivity index is 1.90. The van der Waals surface area contributed by atoms with Gasteiger partial charge in [0.15, 0.2) is 0 Å². The molecule has 1 saturated carbocycles. The zero-order valence-corrected chi connectivity index (χ0v) is 13.3. The Kier molecular flexibility index (Phi) is 5.56. The van der Waals surface area contributed by atoms with E-state index in [9.17, 15) is 0 Å². The van der Waals surface area contributed by atoms with Gasteiger partial charge in [-0.1, -0.05) is 55.1 Å². The summed E-state index contributed by atoms with van der Waals surface area (Å²) in [6.07, 6.45) is 5.47. The molecule has 106 valence electrons. The lowest BCUT2D eigenvalue weighted by molar-refractivity contribution is 0.268. The van der Waals surface area contributed by atoms with Crippen LogP contribution in [0.4, 0.5) is 0 Å². The van der Waals surface area contributed by atoms with Gasteiger partial charge in [-0.05, 0) is 49.8 Å². The van der Waals surface area contributed by atoms with Gasteiger partial charge in [-0.25, -0.2) is 0 Å². The summed E-state index contributed by atoms with van der Waals surface area (Å²) in [5, 5.41) is 4.93. The van der Waals surface area contributed by atoms with Gasteiger partial charge in [-0.3, -0.25) is 0 Å². The molecule has 1 nitrogen and oxygen atoms in total. The molecule has 1 aliphatic rings. The average molecular weight is 300 g/mol. The predicted molar refractivity (Wildman–Crippen MR) is 84.0 cm³/mol. The quantitative estimate of drug-likeness (QED) is 0.777. The van der Waals surface area contributed by atoms with Crippen LogP contribution < -0.4 is 5.32 Å². The third kappa shape index (κ3) is 4.11. The molecule has 19 heavy (non-hydrogen) atoms. The second-order valence-corrected chi connectivity index (χ2v) is 6.70. The van der Waals surface area contributed by atoms with Crippen molar-refractivity contribution in [2.45, 2.75) is 45.6 Å². The van der Waals surface area contributed by atoms with Crippen molar-refractivity contribution in [2.75, 3.05) is 6.54 Å². The molecule has 1 aromatic carbocycles. The average Bonchev–Trinajstić information content (AvgIpc) is 2.39. The van der Waals surface area contributed by atoms with Gasteiger partial charge in [0.05, 0.1) is 10.0 Å². The Labute approximate surface area is 126 Å². The highest BCUT2D eigenvalue weighted by Crippen LogP contribution is 2.31. The van der Waals surface area contributed by atoms with Gasteiger partial charge in [-0.2, -0.15) is 0 Å². The second kappa shape index (κ2) is 6.97.